The maximum Gasteiger partial charge on any atom is 0.138 e. The third-order valence-electron chi connectivity index (χ3n) is 2.92. The Kier molecular flexibility index (Phi) is 3.84. The van der Waals surface area contributed by atoms with Crippen LogP contribution in [0, 0.1) is 3.57 Å². The van der Waals surface area contributed by atoms with Crippen molar-refractivity contribution in [2.24, 2.45) is 0 Å². The van der Waals surface area contributed by atoms with Crippen molar-refractivity contribution in [2.45, 2.75) is 6.61 Å². The molecule has 3 aromatic rings. The summed E-state index contributed by atoms with van der Waals surface area (Å²) in [7, 11) is 0. The number of aliphatic hydroxyl groups excluding tert-OH is 1. The smallest absolute Gasteiger partial charge is 0.138 e. The molecule has 0 radical (unpaired) electrons. The van der Waals surface area contributed by atoms with E-state index in [2.05, 4.69) is 27.6 Å². The first kappa shape index (κ1) is 13.3. The quantitative estimate of drug-likeness (QED) is 0.699. The zero-order valence-corrected chi connectivity index (χ0v) is 12.7. The fraction of sp³-hybridized carbons (Fsp3) is 0.0625. The van der Waals surface area contributed by atoms with Gasteiger partial charge in [0.05, 0.1) is 17.8 Å². The van der Waals surface area contributed by atoms with Crippen LogP contribution < -0.4 is 4.74 Å². The van der Waals surface area contributed by atoms with Gasteiger partial charge in [-0.1, -0.05) is 18.2 Å². The molecule has 0 saturated carbocycles. The first-order chi connectivity index (χ1) is 9.76. The molecule has 0 saturated heterocycles. The zero-order valence-electron chi connectivity index (χ0n) is 10.6. The Morgan fingerprint density at radius 2 is 1.90 bits per heavy atom. The van der Waals surface area contributed by atoms with E-state index in [1.165, 1.54) is 0 Å². The largest absolute Gasteiger partial charge is 0.457 e. The van der Waals surface area contributed by atoms with E-state index in [0.29, 0.717) is 11.4 Å². The maximum atomic E-state index is 9.31. The summed E-state index contributed by atoms with van der Waals surface area (Å²) >= 11 is 2.25. The van der Waals surface area contributed by atoms with Gasteiger partial charge in [-0.3, -0.25) is 4.98 Å². The van der Waals surface area contributed by atoms with Crippen LogP contribution >= 0.6 is 22.6 Å². The van der Waals surface area contributed by atoms with Crippen LogP contribution in [0.15, 0.2) is 54.6 Å². The standard InChI is InChI=1S/C16H12INO2/c17-11-4-3-5-13(8-11)20-16-9-12(10-19)18-15-7-2-1-6-14(15)16/h1-9,19H,10H2. The number of aromatic nitrogens is 1. The Bertz CT molecular complexity index is 758. The lowest BCUT2D eigenvalue weighted by molar-refractivity contribution is 0.277. The van der Waals surface area contributed by atoms with Gasteiger partial charge in [-0.05, 0) is 52.9 Å². The molecule has 0 aliphatic rings. The summed E-state index contributed by atoms with van der Waals surface area (Å²) in [5.41, 5.74) is 1.42. The molecule has 1 aromatic heterocycles. The van der Waals surface area contributed by atoms with E-state index in [1.807, 2.05) is 48.5 Å². The summed E-state index contributed by atoms with van der Waals surface area (Å²) < 4.78 is 7.07. The summed E-state index contributed by atoms with van der Waals surface area (Å²) in [4.78, 5) is 4.38. The number of rotatable bonds is 3. The van der Waals surface area contributed by atoms with E-state index < -0.39 is 0 Å². The fourth-order valence-electron chi connectivity index (χ4n) is 2.02. The van der Waals surface area contributed by atoms with E-state index in [4.69, 9.17) is 4.74 Å². The second kappa shape index (κ2) is 5.76. The number of para-hydroxylation sites is 1. The molecule has 0 amide bonds. The van der Waals surface area contributed by atoms with Crippen LogP contribution in [-0.2, 0) is 6.61 Å². The molecule has 3 rings (SSSR count). The highest BCUT2D eigenvalue weighted by Crippen LogP contribution is 2.30. The molecule has 4 heteroatoms. The number of pyridine rings is 1. The normalized spacial score (nSPS) is 10.7. The summed E-state index contributed by atoms with van der Waals surface area (Å²) in [5, 5.41) is 10.2. The molecular weight excluding hydrogens is 365 g/mol. The summed E-state index contributed by atoms with van der Waals surface area (Å²) in [6.45, 7) is -0.104. The summed E-state index contributed by atoms with van der Waals surface area (Å²) in [5.74, 6) is 1.48. The molecule has 1 heterocycles. The molecule has 0 fully saturated rings. The van der Waals surface area contributed by atoms with E-state index in [0.717, 1.165) is 20.2 Å². The lowest BCUT2D eigenvalue weighted by Crippen LogP contribution is -1.94. The minimum absolute atomic E-state index is 0.104. The number of aliphatic hydroxyl groups is 1. The van der Waals surface area contributed by atoms with Gasteiger partial charge in [0.15, 0.2) is 0 Å². The molecule has 20 heavy (non-hydrogen) atoms. The molecule has 0 spiro atoms. The number of fused-ring (bicyclic) bond motifs is 1. The third kappa shape index (κ3) is 2.76. The number of halogens is 1. The number of nitrogens with zero attached hydrogens (tertiary/aromatic N) is 1. The van der Waals surface area contributed by atoms with Gasteiger partial charge in [-0.25, -0.2) is 0 Å². The minimum atomic E-state index is -0.104. The van der Waals surface area contributed by atoms with Crippen molar-refractivity contribution in [3.8, 4) is 11.5 Å². The molecule has 2 aromatic carbocycles. The highest BCUT2D eigenvalue weighted by atomic mass is 127. The highest BCUT2D eigenvalue weighted by molar-refractivity contribution is 14.1. The third-order valence-corrected chi connectivity index (χ3v) is 3.59. The number of hydrogen-bond acceptors (Lipinski definition) is 3. The topological polar surface area (TPSA) is 42.4 Å². The van der Waals surface area contributed by atoms with Crippen LogP contribution in [0.4, 0.5) is 0 Å². The molecule has 1 N–H and O–H groups in total. The first-order valence-electron chi connectivity index (χ1n) is 6.19. The van der Waals surface area contributed by atoms with Gasteiger partial charge in [-0.2, -0.15) is 0 Å². The van der Waals surface area contributed by atoms with Crippen LogP contribution in [0.3, 0.4) is 0 Å². The van der Waals surface area contributed by atoms with Crippen molar-refractivity contribution in [1.82, 2.24) is 4.98 Å². The van der Waals surface area contributed by atoms with E-state index in [-0.39, 0.29) is 6.61 Å². The van der Waals surface area contributed by atoms with Crippen LogP contribution in [-0.4, -0.2) is 10.1 Å². The van der Waals surface area contributed by atoms with Crippen LogP contribution in [0.5, 0.6) is 11.5 Å². The molecule has 0 aliphatic heterocycles. The SMILES string of the molecule is OCc1cc(Oc2cccc(I)c2)c2ccccc2n1. The van der Waals surface area contributed by atoms with Gasteiger partial charge in [0, 0.05) is 15.0 Å². The van der Waals surface area contributed by atoms with Crippen LogP contribution in [0.25, 0.3) is 10.9 Å². The number of benzene rings is 2. The Balaban J connectivity index is 2.10. The van der Waals surface area contributed by atoms with E-state index in [9.17, 15) is 5.11 Å². The van der Waals surface area contributed by atoms with Gasteiger partial charge in [-0.15, -0.1) is 0 Å². The molecule has 0 aliphatic carbocycles. The van der Waals surface area contributed by atoms with Gasteiger partial charge in [0.1, 0.15) is 11.5 Å². The second-order valence-corrected chi connectivity index (χ2v) is 5.59. The van der Waals surface area contributed by atoms with Crippen molar-refractivity contribution in [2.75, 3.05) is 0 Å². The van der Waals surface area contributed by atoms with E-state index >= 15 is 0 Å². The van der Waals surface area contributed by atoms with Crippen molar-refractivity contribution < 1.29 is 9.84 Å². The molecular formula is C16H12INO2. The van der Waals surface area contributed by atoms with Crippen molar-refractivity contribution in [3.05, 3.63) is 63.9 Å². The Morgan fingerprint density at radius 1 is 1.05 bits per heavy atom. The Hall–Kier alpha value is -1.66. The predicted molar refractivity (Wildman–Crippen MR) is 86.9 cm³/mol. The number of ether oxygens (including phenoxy) is 1. The molecule has 0 unspecified atom stereocenters. The monoisotopic (exact) mass is 377 g/mol. The molecule has 100 valence electrons. The second-order valence-electron chi connectivity index (χ2n) is 4.35. The van der Waals surface area contributed by atoms with Crippen molar-refractivity contribution >= 4 is 33.5 Å². The highest BCUT2D eigenvalue weighted by Gasteiger charge is 2.07. The van der Waals surface area contributed by atoms with Gasteiger partial charge in [0.2, 0.25) is 0 Å². The van der Waals surface area contributed by atoms with Gasteiger partial charge < -0.3 is 9.84 Å². The molecule has 3 nitrogen and oxygen atoms in total. The lowest BCUT2D eigenvalue weighted by Gasteiger charge is -2.10. The Labute approximate surface area is 130 Å². The molecule has 0 atom stereocenters. The average molecular weight is 377 g/mol. The van der Waals surface area contributed by atoms with Gasteiger partial charge in [0.25, 0.3) is 0 Å². The van der Waals surface area contributed by atoms with Crippen molar-refractivity contribution in [3.63, 3.8) is 0 Å². The first-order valence-corrected chi connectivity index (χ1v) is 7.27. The average Bonchev–Trinajstić information content (AvgIpc) is 2.47. The zero-order chi connectivity index (χ0) is 13.9. The number of hydrogen-bond donors (Lipinski definition) is 1. The maximum absolute atomic E-state index is 9.31. The summed E-state index contributed by atoms with van der Waals surface area (Å²) in [6, 6.07) is 17.4. The van der Waals surface area contributed by atoms with Crippen LogP contribution in [0.2, 0.25) is 0 Å². The summed E-state index contributed by atoms with van der Waals surface area (Å²) in [6.07, 6.45) is 0. The molecule has 0 bridgehead atoms. The lowest BCUT2D eigenvalue weighted by atomic mass is 10.2. The van der Waals surface area contributed by atoms with Gasteiger partial charge >= 0.3 is 0 Å². The van der Waals surface area contributed by atoms with Crippen LogP contribution in [0.1, 0.15) is 5.69 Å². The van der Waals surface area contributed by atoms with Crippen molar-refractivity contribution in [1.29, 1.82) is 0 Å². The Morgan fingerprint density at radius 3 is 2.70 bits per heavy atom. The minimum Gasteiger partial charge on any atom is -0.457 e. The predicted octanol–water partition coefficient (Wildman–Crippen LogP) is 4.12. The van der Waals surface area contributed by atoms with E-state index in [1.54, 1.807) is 6.07 Å². The fourth-order valence-corrected chi connectivity index (χ4v) is 2.53.